The molecule has 3 N–H and O–H groups in total. The Labute approximate surface area is 113 Å². The molecule has 0 unspecified atom stereocenters. The van der Waals surface area contributed by atoms with Crippen molar-refractivity contribution in [3.05, 3.63) is 29.6 Å². The van der Waals surface area contributed by atoms with E-state index >= 15 is 0 Å². The predicted molar refractivity (Wildman–Crippen MR) is 71.8 cm³/mol. The minimum Gasteiger partial charge on any atom is -0.329 e. The van der Waals surface area contributed by atoms with E-state index in [1.165, 1.54) is 25.1 Å². The van der Waals surface area contributed by atoms with E-state index in [2.05, 4.69) is 4.72 Å². The Morgan fingerprint density at radius 3 is 2.44 bits per heavy atom. The molecule has 7 heteroatoms. The van der Waals surface area contributed by atoms with Crippen LogP contribution in [-0.4, -0.2) is 20.5 Å². The highest BCUT2D eigenvalue weighted by Gasteiger charge is 2.26. The van der Waals surface area contributed by atoms with Crippen LogP contribution in [0, 0.1) is 12.7 Å². The number of nitrogens with one attached hydrogen (secondary N) is 1. The fourth-order valence-corrected chi connectivity index (χ4v) is 3.02. The molecule has 0 bridgehead atoms. The largest absolute Gasteiger partial charge is 0.329 e. The number of rotatable bonds is 4. The van der Waals surface area contributed by atoms with Crippen molar-refractivity contribution in [3.63, 3.8) is 0 Å². The minimum atomic E-state index is -3.75. The van der Waals surface area contributed by atoms with Crippen LogP contribution in [0.1, 0.15) is 19.4 Å². The molecule has 1 aromatic rings. The number of hydrogen-bond donors (Lipinski definition) is 2. The van der Waals surface area contributed by atoms with Gasteiger partial charge in [0.15, 0.2) is 0 Å². The van der Waals surface area contributed by atoms with Gasteiger partial charge in [0.1, 0.15) is 5.82 Å². The molecule has 0 saturated heterocycles. The average molecular weight is 297 g/mol. The second-order valence-corrected chi connectivity index (χ2v) is 6.21. The summed E-state index contributed by atoms with van der Waals surface area (Å²) in [7, 11) is -3.75. The maximum atomic E-state index is 13.3. The van der Waals surface area contributed by atoms with Gasteiger partial charge in [-0.25, -0.2) is 17.5 Å². The van der Waals surface area contributed by atoms with E-state index in [1.807, 2.05) is 0 Å². The molecule has 1 aromatic carbocycles. The smallest absolute Gasteiger partial charge is 0.241 e. The van der Waals surface area contributed by atoms with Gasteiger partial charge in [0.05, 0.1) is 4.90 Å². The molecular weight excluding hydrogens is 279 g/mol. The standard InChI is InChI=1S/C11H17FN2O2S.ClH/c1-8-9(12)5-4-6-10(8)17(15,16)14-11(2,3)7-13;/h4-6,14H,7,13H2,1-3H3;1H. The molecule has 0 aromatic heterocycles. The van der Waals surface area contributed by atoms with Gasteiger partial charge in [-0.3, -0.25) is 0 Å². The Hall–Kier alpha value is -0.690. The molecule has 0 amide bonds. The normalized spacial score (nSPS) is 12.1. The summed E-state index contributed by atoms with van der Waals surface area (Å²) in [5.74, 6) is -0.543. The highest BCUT2D eigenvalue weighted by molar-refractivity contribution is 7.89. The summed E-state index contributed by atoms with van der Waals surface area (Å²) >= 11 is 0. The lowest BCUT2D eigenvalue weighted by molar-refractivity contribution is 0.462. The molecule has 18 heavy (non-hydrogen) atoms. The zero-order chi connectivity index (χ0) is 13.3. The van der Waals surface area contributed by atoms with Gasteiger partial charge in [-0.15, -0.1) is 12.4 Å². The lowest BCUT2D eigenvalue weighted by Gasteiger charge is -2.24. The quantitative estimate of drug-likeness (QED) is 0.886. The second kappa shape index (κ2) is 5.97. The van der Waals surface area contributed by atoms with Crippen molar-refractivity contribution in [3.8, 4) is 0 Å². The van der Waals surface area contributed by atoms with Crippen molar-refractivity contribution in [1.82, 2.24) is 4.72 Å². The van der Waals surface area contributed by atoms with Crippen molar-refractivity contribution in [2.24, 2.45) is 5.73 Å². The van der Waals surface area contributed by atoms with Gasteiger partial charge in [-0.1, -0.05) is 6.07 Å². The molecule has 0 heterocycles. The first-order chi connectivity index (χ1) is 7.69. The van der Waals surface area contributed by atoms with Crippen molar-refractivity contribution in [1.29, 1.82) is 0 Å². The molecule has 0 atom stereocenters. The van der Waals surface area contributed by atoms with E-state index in [1.54, 1.807) is 13.8 Å². The molecule has 0 radical (unpaired) electrons. The molecule has 104 valence electrons. The van der Waals surface area contributed by atoms with Crippen LogP contribution in [0.15, 0.2) is 23.1 Å². The molecule has 0 aliphatic heterocycles. The summed E-state index contributed by atoms with van der Waals surface area (Å²) in [5.41, 5.74) is 4.80. The third-order valence-electron chi connectivity index (χ3n) is 2.43. The van der Waals surface area contributed by atoms with Crippen LogP contribution in [0.25, 0.3) is 0 Å². The SMILES string of the molecule is Cc1c(F)cccc1S(=O)(=O)NC(C)(C)CN.Cl. The second-order valence-electron chi connectivity index (χ2n) is 4.56. The van der Waals surface area contributed by atoms with E-state index in [4.69, 9.17) is 5.73 Å². The number of hydrogen-bond acceptors (Lipinski definition) is 3. The molecule has 0 spiro atoms. The molecule has 0 fully saturated rings. The molecule has 4 nitrogen and oxygen atoms in total. The summed E-state index contributed by atoms with van der Waals surface area (Å²) in [5, 5.41) is 0. The zero-order valence-electron chi connectivity index (χ0n) is 10.5. The monoisotopic (exact) mass is 296 g/mol. The van der Waals surface area contributed by atoms with Crippen LogP contribution in [-0.2, 0) is 10.0 Å². The van der Waals surface area contributed by atoms with Gasteiger partial charge < -0.3 is 5.73 Å². The Balaban J connectivity index is 0.00000289. The first-order valence-electron chi connectivity index (χ1n) is 5.19. The Kier molecular flexibility index (Phi) is 5.74. The molecule has 0 aliphatic carbocycles. The maximum Gasteiger partial charge on any atom is 0.241 e. The average Bonchev–Trinajstić information content (AvgIpc) is 2.20. The zero-order valence-corrected chi connectivity index (χ0v) is 12.2. The number of nitrogens with two attached hydrogens (primary N) is 1. The third-order valence-corrected chi connectivity index (χ3v) is 4.27. The fourth-order valence-electron chi connectivity index (χ4n) is 1.34. The highest BCUT2D eigenvalue weighted by Crippen LogP contribution is 2.19. The molecule has 0 saturated carbocycles. The maximum absolute atomic E-state index is 13.3. The van der Waals surface area contributed by atoms with Crippen LogP contribution < -0.4 is 10.5 Å². The Morgan fingerprint density at radius 2 is 1.94 bits per heavy atom. The predicted octanol–water partition coefficient (Wildman–Crippen LogP) is 1.57. The topological polar surface area (TPSA) is 72.2 Å². The van der Waals surface area contributed by atoms with Crippen LogP contribution in [0.3, 0.4) is 0 Å². The van der Waals surface area contributed by atoms with Gasteiger partial charge in [0.2, 0.25) is 10.0 Å². The van der Waals surface area contributed by atoms with E-state index in [-0.39, 0.29) is 29.4 Å². The summed E-state index contributed by atoms with van der Waals surface area (Å²) in [6.45, 7) is 4.91. The highest BCUT2D eigenvalue weighted by atomic mass is 35.5. The van der Waals surface area contributed by atoms with Crippen molar-refractivity contribution >= 4 is 22.4 Å². The van der Waals surface area contributed by atoms with Gasteiger partial charge in [0, 0.05) is 17.6 Å². The van der Waals surface area contributed by atoms with Crippen LogP contribution in [0.5, 0.6) is 0 Å². The third kappa shape index (κ3) is 3.91. The first-order valence-corrected chi connectivity index (χ1v) is 6.67. The number of sulfonamides is 1. The molecular formula is C11H18ClFN2O2S. The van der Waals surface area contributed by atoms with Gasteiger partial charge in [-0.05, 0) is 32.9 Å². The number of benzene rings is 1. The Morgan fingerprint density at radius 1 is 1.39 bits per heavy atom. The van der Waals surface area contributed by atoms with Crippen molar-refractivity contribution < 1.29 is 12.8 Å². The van der Waals surface area contributed by atoms with E-state index in [9.17, 15) is 12.8 Å². The summed E-state index contributed by atoms with van der Waals surface area (Å²) < 4.78 is 39.8. The molecule has 0 aliphatic rings. The lowest BCUT2D eigenvalue weighted by atomic mass is 10.1. The van der Waals surface area contributed by atoms with Crippen LogP contribution in [0.2, 0.25) is 0 Å². The van der Waals surface area contributed by atoms with Crippen molar-refractivity contribution in [2.75, 3.05) is 6.54 Å². The summed E-state index contributed by atoms with van der Waals surface area (Å²) in [4.78, 5) is -0.0565. The van der Waals surface area contributed by atoms with Crippen LogP contribution in [0.4, 0.5) is 4.39 Å². The van der Waals surface area contributed by atoms with Gasteiger partial charge in [-0.2, -0.15) is 0 Å². The lowest BCUT2D eigenvalue weighted by Crippen LogP contribution is -2.48. The van der Waals surface area contributed by atoms with E-state index in [0.29, 0.717) is 0 Å². The Bertz CT molecular complexity index is 518. The van der Waals surface area contributed by atoms with E-state index < -0.39 is 21.4 Å². The van der Waals surface area contributed by atoms with Gasteiger partial charge >= 0.3 is 0 Å². The number of halogens is 2. The first kappa shape index (κ1) is 17.3. The summed E-state index contributed by atoms with van der Waals surface area (Å²) in [6.07, 6.45) is 0. The van der Waals surface area contributed by atoms with Crippen molar-refractivity contribution in [2.45, 2.75) is 31.2 Å². The van der Waals surface area contributed by atoms with Crippen LogP contribution >= 0.6 is 12.4 Å². The fraction of sp³-hybridized carbons (Fsp3) is 0.455. The van der Waals surface area contributed by atoms with Gasteiger partial charge in [0.25, 0.3) is 0 Å². The molecule has 1 rings (SSSR count). The van der Waals surface area contributed by atoms with E-state index in [0.717, 1.165) is 0 Å². The summed E-state index contributed by atoms with van der Waals surface area (Å²) in [6, 6.07) is 3.96. The minimum absolute atomic E-state index is 0.